The van der Waals surface area contributed by atoms with Crippen molar-refractivity contribution in [2.75, 3.05) is 19.6 Å². The van der Waals surface area contributed by atoms with E-state index < -0.39 is 0 Å². The predicted octanol–water partition coefficient (Wildman–Crippen LogP) is 3.02. The minimum atomic E-state index is -0.260. The highest BCUT2D eigenvalue weighted by Crippen LogP contribution is 2.28. The lowest BCUT2D eigenvalue weighted by atomic mass is 10.0. The molecule has 2 saturated heterocycles. The molecule has 0 spiro atoms. The van der Waals surface area contributed by atoms with Gasteiger partial charge in [0.15, 0.2) is 0 Å². The molecule has 0 aromatic heterocycles. The van der Waals surface area contributed by atoms with Gasteiger partial charge in [-0.1, -0.05) is 35.9 Å². The van der Waals surface area contributed by atoms with Crippen LogP contribution in [0.3, 0.4) is 0 Å². The van der Waals surface area contributed by atoms with E-state index >= 15 is 0 Å². The van der Waals surface area contributed by atoms with Gasteiger partial charge < -0.3 is 9.64 Å². The summed E-state index contributed by atoms with van der Waals surface area (Å²) in [5.41, 5.74) is 2.74. The van der Waals surface area contributed by atoms with Gasteiger partial charge in [-0.2, -0.15) is 5.10 Å². The maximum Gasteiger partial charge on any atom is 0.223 e. The SMILES string of the molecule is O=C1CCCN1C1CN(C2[N]CC2OCc2ccc(F)cc2)N=C1c1ccc(Cl)cc1. The van der Waals surface area contributed by atoms with Gasteiger partial charge in [0.2, 0.25) is 5.91 Å². The molecule has 0 N–H and O–H groups in total. The van der Waals surface area contributed by atoms with Crippen molar-refractivity contribution >= 4 is 23.2 Å². The van der Waals surface area contributed by atoms with E-state index in [1.165, 1.54) is 12.1 Å². The first-order chi connectivity index (χ1) is 15.1. The Hall–Kier alpha value is -2.48. The zero-order chi connectivity index (χ0) is 21.4. The zero-order valence-electron chi connectivity index (χ0n) is 17.0. The fourth-order valence-electron chi connectivity index (χ4n) is 4.29. The summed E-state index contributed by atoms with van der Waals surface area (Å²) in [6.07, 6.45) is 1.18. The molecule has 1 radical (unpaired) electrons. The van der Waals surface area contributed by atoms with Gasteiger partial charge in [-0.25, -0.2) is 9.71 Å². The third kappa shape index (κ3) is 4.18. The number of benzene rings is 2. The van der Waals surface area contributed by atoms with Gasteiger partial charge >= 0.3 is 0 Å². The van der Waals surface area contributed by atoms with E-state index in [2.05, 4.69) is 5.32 Å². The average Bonchev–Trinajstić information content (AvgIpc) is 3.35. The van der Waals surface area contributed by atoms with Crippen molar-refractivity contribution < 1.29 is 13.9 Å². The van der Waals surface area contributed by atoms with Gasteiger partial charge in [0, 0.05) is 30.1 Å². The van der Waals surface area contributed by atoms with Crippen molar-refractivity contribution in [3.8, 4) is 0 Å². The molecule has 2 aromatic rings. The third-order valence-electron chi connectivity index (χ3n) is 6.03. The number of likely N-dealkylation sites (tertiary alicyclic amines) is 1. The van der Waals surface area contributed by atoms with Crippen LogP contribution < -0.4 is 5.32 Å². The van der Waals surface area contributed by atoms with E-state index in [1.54, 1.807) is 12.1 Å². The van der Waals surface area contributed by atoms with Crippen molar-refractivity contribution in [1.82, 2.24) is 15.2 Å². The molecule has 2 aromatic carbocycles. The Balaban J connectivity index is 1.32. The van der Waals surface area contributed by atoms with E-state index in [0.717, 1.165) is 29.8 Å². The molecular formula is C23H23ClFN4O2. The minimum Gasteiger partial charge on any atom is -0.368 e. The maximum atomic E-state index is 13.1. The summed E-state index contributed by atoms with van der Waals surface area (Å²) in [7, 11) is 0. The molecule has 3 unspecified atom stereocenters. The van der Waals surface area contributed by atoms with Crippen LogP contribution in [0.1, 0.15) is 24.0 Å². The number of hydrogen-bond donors (Lipinski definition) is 0. The first-order valence-corrected chi connectivity index (χ1v) is 10.9. The van der Waals surface area contributed by atoms with Crippen LogP contribution in [0.2, 0.25) is 5.02 Å². The monoisotopic (exact) mass is 441 g/mol. The van der Waals surface area contributed by atoms with Crippen LogP contribution in [0.25, 0.3) is 0 Å². The van der Waals surface area contributed by atoms with Crippen LogP contribution in [0.5, 0.6) is 0 Å². The molecule has 0 saturated carbocycles. The predicted molar refractivity (Wildman–Crippen MR) is 115 cm³/mol. The second-order valence-corrected chi connectivity index (χ2v) is 8.51. The van der Waals surface area contributed by atoms with Crippen LogP contribution in [0, 0.1) is 5.82 Å². The number of halogens is 2. The molecule has 1 amide bonds. The summed E-state index contributed by atoms with van der Waals surface area (Å²) in [6.45, 7) is 2.33. The van der Waals surface area contributed by atoms with Crippen molar-refractivity contribution in [3.05, 3.63) is 70.5 Å². The highest BCUT2D eigenvalue weighted by Gasteiger charge is 2.44. The van der Waals surface area contributed by atoms with E-state index in [1.807, 2.05) is 34.2 Å². The zero-order valence-corrected chi connectivity index (χ0v) is 17.7. The second kappa shape index (κ2) is 8.57. The fraction of sp³-hybridized carbons (Fsp3) is 0.391. The normalized spacial score (nSPS) is 25.7. The van der Waals surface area contributed by atoms with E-state index in [-0.39, 0.29) is 30.0 Å². The Morgan fingerprint density at radius 1 is 1.13 bits per heavy atom. The topological polar surface area (TPSA) is 59.2 Å². The minimum absolute atomic E-state index is 0.0895. The number of ether oxygens (including phenoxy) is 1. The van der Waals surface area contributed by atoms with Gasteiger partial charge in [-0.05, 0) is 36.2 Å². The molecular weight excluding hydrogens is 419 g/mol. The number of carbonyl (C=O) groups excluding carboxylic acids is 1. The number of rotatable bonds is 6. The highest BCUT2D eigenvalue weighted by molar-refractivity contribution is 6.30. The van der Waals surface area contributed by atoms with Crippen LogP contribution in [0.15, 0.2) is 53.6 Å². The molecule has 3 aliphatic heterocycles. The lowest BCUT2D eigenvalue weighted by molar-refractivity contribution is -0.129. The molecule has 0 aliphatic carbocycles. The average molecular weight is 442 g/mol. The van der Waals surface area contributed by atoms with Crippen LogP contribution >= 0.6 is 11.6 Å². The fourth-order valence-corrected chi connectivity index (χ4v) is 4.41. The lowest BCUT2D eigenvalue weighted by Crippen LogP contribution is -2.61. The van der Waals surface area contributed by atoms with Crippen LogP contribution in [-0.2, 0) is 16.1 Å². The van der Waals surface area contributed by atoms with Crippen molar-refractivity contribution in [3.63, 3.8) is 0 Å². The molecule has 6 nitrogen and oxygen atoms in total. The number of carbonyl (C=O) groups is 1. The van der Waals surface area contributed by atoms with Crippen molar-refractivity contribution in [2.45, 2.75) is 37.8 Å². The molecule has 31 heavy (non-hydrogen) atoms. The van der Waals surface area contributed by atoms with Crippen LogP contribution in [-0.4, -0.2) is 59.5 Å². The Kier molecular flexibility index (Phi) is 5.65. The number of amides is 1. The van der Waals surface area contributed by atoms with Crippen LogP contribution in [0.4, 0.5) is 4.39 Å². The molecule has 3 aliphatic rings. The largest absolute Gasteiger partial charge is 0.368 e. The summed E-state index contributed by atoms with van der Waals surface area (Å²) in [6, 6.07) is 13.8. The Labute approximate surface area is 185 Å². The van der Waals surface area contributed by atoms with Crippen molar-refractivity contribution in [2.24, 2.45) is 5.10 Å². The van der Waals surface area contributed by atoms with E-state index in [0.29, 0.717) is 31.1 Å². The molecule has 3 heterocycles. The second-order valence-electron chi connectivity index (χ2n) is 8.08. The van der Waals surface area contributed by atoms with E-state index in [9.17, 15) is 9.18 Å². The highest BCUT2D eigenvalue weighted by atomic mass is 35.5. The standard InChI is InChI=1S/C23H23ClFN4O2/c24-17-7-5-16(6-8-17)22-19(28-11-1-2-21(28)30)13-29(27-22)23-20(12-26-23)31-14-15-3-9-18(25)10-4-15/h3-10,19-20,23H,1-2,11-14H2. The Bertz CT molecular complexity index is 982. The summed E-state index contributed by atoms with van der Waals surface area (Å²) < 4.78 is 19.2. The maximum absolute atomic E-state index is 13.1. The molecule has 3 atom stereocenters. The van der Waals surface area contributed by atoms with Gasteiger partial charge in [-0.15, -0.1) is 0 Å². The summed E-state index contributed by atoms with van der Waals surface area (Å²) in [5, 5.41) is 12.1. The van der Waals surface area contributed by atoms with Gasteiger partial charge in [0.1, 0.15) is 18.1 Å². The first kappa shape index (κ1) is 20.4. The molecule has 161 valence electrons. The number of hydrazone groups is 1. The number of nitrogens with zero attached hydrogens (tertiary/aromatic N) is 4. The van der Waals surface area contributed by atoms with E-state index in [4.69, 9.17) is 21.4 Å². The third-order valence-corrected chi connectivity index (χ3v) is 6.28. The van der Waals surface area contributed by atoms with Gasteiger partial charge in [-0.3, -0.25) is 9.80 Å². The van der Waals surface area contributed by atoms with Gasteiger partial charge in [0.25, 0.3) is 0 Å². The van der Waals surface area contributed by atoms with Gasteiger partial charge in [0.05, 0.1) is 24.9 Å². The lowest BCUT2D eigenvalue weighted by Gasteiger charge is -2.41. The molecule has 2 fully saturated rings. The molecule has 8 heteroatoms. The molecule has 5 rings (SSSR count). The molecule has 0 bridgehead atoms. The Morgan fingerprint density at radius 3 is 2.55 bits per heavy atom. The smallest absolute Gasteiger partial charge is 0.223 e. The van der Waals surface area contributed by atoms with Crippen molar-refractivity contribution in [1.29, 1.82) is 0 Å². The first-order valence-electron chi connectivity index (χ1n) is 10.5. The summed E-state index contributed by atoms with van der Waals surface area (Å²) >= 11 is 6.06. The summed E-state index contributed by atoms with van der Waals surface area (Å²) in [4.78, 5) is 14.4. The summed E-state index contributed by atoms with van der Waals surface area (Å²) in [5.74, 6) is -0.0907. The Morgan fingerprint density at radius 2 is 1.90 bits per heavy atom. The quantitative estimate of drug-likeness (QED) is 0.692. The number of hydrogen-bond acceptors (Lipinski definition) is 4.